The first kappa shape index (κ1) is 27.0. The first-order valence-electron chi connectivity index (χ1n) is 13.0. The Balaban J connectivity index is 1.11. The monoisotopic (exact) mass is 542 g/mol. The molecule has 2 aliphatic carbocycles. The average Bonchev–Trinajstić information content (AvgIpc) is 2.84. The smallest absolute Gasteiger partial charge is 0.138 e. The van der Waals surface area contributed by atoms with Gasteiger partial charge in [-0.15, -0.1) is 0 Å². The van der Waals surface area contributed by atoms with E-state index >= 15 is 0 Å². The zero-order valence-electron chi connectivity index (χ0n) is 20.9. The van der Waals surface area contributed by atoms with Crippen LogP contribution in [0.3, 0.4) is 0 Å². The van der Waals surface area contributed by atoms with Gasteiger partial charge < -0.3 is 10.6 Å². The van der Waals surface area contributed by atoms with E-state index in [-0.39, 0.29) is 0 Å². The number of thioether (sulfide) groups is 2. The molecule has 35 heavy (non-hydrogen) atoms. The highest BCUT2D eigenvalue weighted by molar-refractivity contribution is 8.23. The predicted octanol–water partition coefficient (Wildman–Crippen LogP) is 8.44. The van der Waals surface area contributed by atoms with Gasteiger partial charge in [-0.3, -0.25) is 0 Å². The van der Waals surface area contributed by atoms with Crippen LogP contribution in [0.4, 0.5) is 0 Å². The van der Waals surface area contributed by atoms with E-state index in [0.717, 1.165) is 20.5 Å². The van der Waals surface area contributed by atoms with E-state index < -0.39 is 0 Å². The molecule has 2 nitrogen and oxygen atoms in total. The van der Waals surface area contributed by atoms with Crippen LogP contribution in [-0.4, -0.2) is 20.7 Å². The maximum absolute atomic E-state index is 5.66. The summed E-state index contributed by atoms with van der Waals surface area (Å²) < 4.78 is 1.85. The van der Waals surface area contributed by atoms with Crippen molar-refractivity contribution in [3.05, 3.63) is 59.7 Å². The molecule has 2 aromatic rings. The second kappa shape index (κ2) is 13.5. The summed E-state index contributed by atoms with van der Waals surface area (Å²) in [5.74, 6) is 1.77. The lowest BCUT2D eigenvalue weighted by Gasteiger charge is -2.35. The fourth-order valence-corrected chi connectivity index (χ4v) is 7.96. The molecule has 0 amide bonds. The molecule has 0 saturated heterocycles. The minimum absolute atomic E-state index is 0.543. The van der Waals surface area contributed by atoms with Crippen molar-refractivity contribution in [1.82, 2.24) is 10.6 Å². The number of rotatable bonds is 6. The van der Waals surface area contributed by atoms with Crippen LogP contribution in [0.2, 0.25) is 0 Å². The molecule has 0 radical (unpaired) electrons. The highest BCUT2D eigenvalue weighted by atomic mass is 32.2. The zero-order valence-corrected chi connectivity index (χ0v) is 24.2. The van der Waals surface area contributed by atoms with Crippen LogP contribution >= 0.6 is 48.0 Å². The molecule has 0 atom stereocenters. The van der Waals surface area contributed by atoms with Crippen molar-refractivity contribution in [1.29, 1.82) is 0 Å². The highest BCUT2D eigenvalue weighted by Gasteiger charge is 2.27. The first-order chi connectivity index (χ1) is 17.0. The van der Waals surface area contributed by atoms with Crippen molar-refractivity contribution in [2.45, 2.75) is 93.5 Å². The number of benzene rings is 2. The largest absolute Gasteiger partial charge is 0.368 e. The van der Waals surface area contributed by atoms with Gasteiger partial charge in [-0.1, -0.05) is 84.4 Å². The number of nitrogens with one attached hydrogen (secondary N) is 2. The summed E-state index contributed by atoms with van der Waals surface area (Å²) in [6, 6.07) is 18.1. The third-order valence-electron chi connectivity index (χ3n) is 7.60. The van der Waals surface area contributed by atoms with Crippen LogP contribution in [0.15, 0.2) is 58.3 Å². The van der Waals surface area contributed by atoms with Crippen LogP contribution < -0.4 is 10.6 Å². The van der Waals surface area contributed by atoms with Gasteiger partial charge in [0.1, 0.15) is 8.64 Å². The Morgan fingerprint density at radius 1 is 0.657 bits per heavy atom. The van der Waals surface area contributed by atoms with Gasteiger partial charge in [0, 0.05) is 21.9 Å². The Labute approximate surface area is 231 Å². The summed E-state index contributed by atoms with van der Waals surface area (Å²) in [6.45, 7) is 4.30. The van der Waals surface area contributed by atoms with Gasteiger partial charge in [0.2, 0.25) is 0 Å². The lowest BCUT2D eigenvalue weighted by molar-refractivity contribution is 0.218. The van der Waals surface area contributed by atoms with E-state index in [1.165, 1.54) is 78.7 Å². The SMILES string of the molecule is Cc1ccccc1SC(=S)NC1CCC(CC2CCC(NC(=S)Sc3ccccc3C)CC2)CC1. The third kappa shape index (κ3) is 8.48. The summed E-state index contributed by atoms with van der Waals surface area (Å²) in [4.78, 5) is 2.52. The van der Waals surface area contributed by atoms with Crippen LogP contribution in [0.25, 0.3) is 0 Å². The summed E-state index contributed by atoms with van der Waals surface area (Å²) in [6.07, 6.45) is 11.8. The molecule has 0 bridgehead atoms. The number of hydrogen-bond acceptors (Lipinski definition) is 4. The number of thiocarbonyl (C=S) groups is 2. The minimum atomic E-state index is 0.543. The van der Waals surface area contributed by atoms with Crippen molar-refractivity contribution in [3.63, 3.8) is 0 Å². The molecular weight excluding hydrogens is 505 g/mol. The molecule has 0 aromatic heterocycles. The van der Waals surface area contributed by atoms with Gasteiger partial charge in [-0.25, -0.2) is 0 Å². The molecule has 0 unspecified atom stereocenters. The molecule has 2 aromatic carbocycles. The zero-order chi connectivity index (χ0) is 24.6. The topological polar surface area (TPSA) is 24.1 Å². The second-order valence-electron chi connectivity index (χ2n) is 10.3. The number of aryl methyl sites for hydroxylation is 2. The second-order valence-corrected chi connectivity index (χ2v) is 13.7. The van der Waals surface area contributed by atoms with Gasteiger partial charge in [-0.2, -0.15) is 0 Å². The average molecular weight is 543 g/mol. The minimum Gasteiger partial charge on any atom is -0.368 e. The summed E-state index contributed by atoms with van der Waals surface area (Å²) in [5.41, 5.74) is 2.59. The van der Waals surface area contributed by atoms with E-state index in [1.54, 1.807) is 23.5 Å². The normalized spacial score (nSPS) is 24.5. The lowest BCUT2D eigenvalue weighted by Crippen LogP contribution is -2.37. The fourth-order valence-electron chi connectivity index (χ4n) is 5.49. The molecule has 0 aliphatic heterocycles. The van der Waals surface area contributed by atoms with E-state index in [9.17, 15) is 0 Å². The van der Waals surface area contributed by atoms with E-state index in [4.69, 9.17) is 24.4 Å². The maximum Gasteiger partial charge on any atom is 0.138 e. The molecule has 0 spiro atoms. The first-order valence-corrected chi connectivity index (χ1v) is 15.5. The highest BCUT2D eigenvalue weighted by Crippen LogP contribution is 2.36. The van der Waals surface area contributed by atoms with Crippen molar-refractivity contribution in [2.24, 2.45) is 11.8 Å². The van der Waals surface area contributed by atoms with Crippen LogP contribution in [0.1, 0.15) is 68.9 Å². The predicted molar refractivity (Wildman–Crippen MR) is 162 cm³/mol. The fraction of sp³-hybridized carbons (Fsp3) is 0.517. The molecule has 2 N–H and O–H groups in total. The van der Waals surface area contributed by atoms with Crippen LogP contribution in [0, 0.1) is 25.7 Å². The van der Waals surface area contributed by atoms with Gasteiger partial charge >= 0.3 is 0 Å². The number of hydrogen-bond donors (Lipinski definition) is 2. The Kier molecular flexibility index (Phi) is 10.4. The standard InChI is InChI=1S/C29H38N2S4/c1-20-7-3-5-9-26(20)34-28(32)30-24-15-11-22(12-16-24)19-23-13-17-25(18-14-23)31-29(33)35-27-10-6-4-8-21(27)2/h3-10,22-25H,11-19H2,1-2H3,(H,30,32)(H,31,33). The van der Waals surface area contributed by atoms with Crippen molar-refractivity contribution < 1.29 is 0 Å². The molecule has 6 heteroatoms. The Hall–Kier alpha value is -1.08. The third-order valence-corrected chi connectivity index (χ3v) is 10.3. The lowest BCUT2D eigenvalue weighted by atomic mass is 9.76. The molecule has 188 valence electrons. The summed E-state index contributed by atoms with van der Waals surface area (Å²) >= 11 is 14.7. The summed E-state index contributed by atoms with van der Waals surface area (Å²) in [5, 5.41) is 7.27. The summed E-state index contributed by atoms with van der Waals surface area (Å²) in [7, 11) is 0. The molecule has 4 rings (SSSR count). The van der Waals surface area contributed by atoms with E-state index in [2.05, 4.69) is 73.0 Å². The van der Waals surface area contributed by atoms with Gasteiger partial charge in [0.25, 0.3) is 0 Å². The quantitative estimate of drug-likeness (QED) is 0.281. The Morgan fingerprint density at radius 3 is 1.40 bits per heavy atom. The van der Waals surface area contributed by atoms with Crippen molar-refractivity contribution in [2.75, 3.05) is 0 Å². The molecule has 2 aliphatic rings. The molecule has 2 saturated carbocycles. The van der Waals surface area contributed by atoms with Crippen molar-refractivity contribution in [3.8, 4) is 0 Å². The molecule has 0 heterocycles. The molecule has 2 fully saturated rings. The Morgan fingerprint density at radius 2 is 1.03 bits per heavy atom. The Bertz CT molecular complexity index is 912. The van der Waals surface area contributed by atoms with E-state index in [0.29, 0.717) is 12.1 Å². The van der Waals surface area contributed by atoms with E-state index in [1.807, 2.05) is 0 Å². The molecular formula is C29H38N2S4. The van der Waals surface area contributed by atoms with Gasteiger partial charge in [-0.05, 0) is 107 Å². The van der Waals surface area contributed by atoms with Gasteiger partial charge in [0.05, 0.1) is 0 Å². The van der Waals surface area contributed by atoms with Gasteiger partial charge in [0.15, 0.2) is 0 Å². The van der Waals surface area contributed by atoms with Crippen LogP contribution in [-0.2, 0) is 0 Å². The maximum atomic E-state index is 5.66. The van der Waals surface area contributed by atoms with Crippen molar-refractivity contribution >= 4 is 56.6 Å². The van der Waals surface area contributed by atoms with Crippen LogP contribution in [0.5, 0.6) is 0 Å².